The summed E-state index contributed by atoms with van der Waals surface area (Å²) in [5.74, 6) is 0.249. The van der Waals surface area contributed by atoms with Crippen molar-refractivity contribution in [3.05, 3.63) is 0 Å². The fraction of sp³-hybridized carbons (Fsp3) is 0.909. The van der Waals surface area contributed by atoms with E-state index in [2.05, 4.69) is 18.7 Å². The van der Waals surface area contributed by atoms with Crippen molar-refractivity contribution in [2.24, 2.45) is 0 Å². The van der Waals surface area contributed by atoms with Crippen molar-refractivity contribution in [1.82, 2.24) is 9.80 Å². The van der Waals surface area contributed by atoms with E-state index in [1.54, 1.807) is 0 Å². The van der Waals surface area contributed by atoms with Gasteiger partial charge < -0.3 is 4.90 Å². The van der Waals surface area contributed by atoms with Crippen LogP contribution in [0.15, 0.2) is 0 Å². The molecule has 3 heteroatoms. The van der Waals surface area contributed by atoms with Crippen molar-refractivity contribution in [1.29, 1.82) is 0 Å². The van der Waals surface area contributed by atoms with Gasteiger partial charge in [-0.2, -0.15) is 0 Å². The maximum atomic E-state index is 11.9. The van der Waals surface area contributed by atoms with Crippen LogP contribution in [0.5, 0.6) is 0 Å². The average Bonchev–Trinajstić information content (AvgIpc) is 2.21. The molecule has 0 aliphatic rings. The zero-order chi connectivity index (χ0) is 11.1. The summed E-state index contributed by atoms with van der Waals surface area (Å²) in [5, 5.41) is 0. The number of hydrogen-bond donors (Lipinski definition) is 0. The van der Waals surface area contributed by atoms with Crippen molar-refractivity contribution in [2.45, 2.75) is 40.7 Å². The van der Waals surface area contributed by atoms with Crippen LogP contribution in [0.2, 0.25) is 0 Å². The van der Waals surface area contributed by atoms with Gasteiger partial charge in [0.05, 0.1) is 6.04 Å². The molecule has 0 heterocycles. The molecule has 0 radical (unpaired) electrons. The lowest BCUT2D eigenvalue weighted by Gasteiger charge is -2.30. The number of carbonyl (C=O) groups is 1. The Morgan fingerprint density at radius 1 is 1.00 bits per heavy atom. The highest BCUT2D eigenvalue weighted by Gasteiger charge is 2.22. The van der Waals surface area contributed by atoms with Gasteiger partial charge in [-0.25, -0.2) is 0 Å². The molecule has 0 rings (SSSR count). The number of likely N-dealkylation sites (N-methyl/N-ethyl adjacent to an activating group) is 2. The summed E-state index contributed by atoms with van der Waals surface area (Å²) in [6.45, 7) is 13.7. The molecular formula is C11H24N2O. The minimum atomic E-state index is 0.0184. The molecule has 0 fully saturated rings. The number of carbonyl (C=O) groups excluding carboxylic acids is 1. The van der Waals surface area contributed by atoms with Crippen LogP contribution in [-0.4, -0.2) is 47.9 Å². The van der Waals surface area contributed by atoms with E-state index in [1.165, 1.54) is 0 Å². The summed E-state index contributed by atoms with van der Waals surface area (Å²) in [4.78, 5) is 16.0. The largest absolute Gasteiger partial charge is 0.342 e. The van der Waals surface area contributed by atoms with Gasteiger partial charge in [-0.05, 0) is 33.9 Å². The van der Waals surface area contributed by atoms with Crippen LogP contribution in [-0.2, 0) is 4.79 Å². The third-order valence-corrected chi connectivity index (χ3v) is 2.79. The fourth-order valence-corrected chi connectivity index (χ4v) is 1.73. The zero-order valence-electron chi connectivity index (χ0n) is 10.2. The Kier molecular flexibility index (Phi) is 6.54. The second-order valence-corrected chi connectivity index (χ2v) is 3.41. The van der Waals surface area contributed by atoms with Crippen LogP contribution in [0.3, 0.4) is 0 Å². The van der Waals surface area contributed by atoms with Crippen LogP contribution < -0.4 is 0 Å². The molecule has 3 nitrogen and oxygen atoms in total. The lowest BCUT2D eigenvalue weighted by atomic mass is 10.2. The molecule has 1 unspecified atom stereocenters. The molecule has 0 saturated carbocycles. The van der Waals surface area contributed by atoms with Gasteiger partial charge in [-0.15, -0.1) is 0 Å². The first-order valence-corrected chi connectivity index (χ1v) is 5.65. The van der Waals surface area contributed by atoms with E-state index in [0.29, 0.717) is 0 Å². The van der Waals surface area contributed by atoms with E-state index in [-0.39, 0.29) is 11.9 Å². The summed E-state index contributed by atoms with van der Waals surface area (Å²) in [7, 11) is 0. The number of nitrogens with zero attached hydrogens (tertiary/aromatic N) is 2. The fourth-order valence-electron chi connectivity index (χ4n) is 1.73. The molecule has 84 valence electrons. The second kappa shape index (κ2) is 6.82. The first-order valence-electron chi connectivity index (χ1n) is 5.65. The van der Waals surface area contributed by atoms with Crippen molar-refractivity contribution >= 4 is 5.91 Å². The monoisotopic (exact) mass is 200 g/mol. The van der Waals surface area contributed by atoms with Crippen LogP contribution in [0.1, 0.15) is 34.6 Å². The Bertz CT molecular complexity index is 163. The molecule has 0 aliphatic heterocycles. The van der Waals surface area contributed by atoms with Gasteiger partial charge in [-0.3, -0.25) is 9.69 Å². The lowest BCUT2D eigenvalue weighted by molar-refractivity contribution is -0.135. The van der Waals surface area contributed by atoms with Gasteiger partial charge in [0.2, 0.25) is 5.91 Å². The molecule has 0 aromatic heterocycles. The summed E-state index contributed by atoms with van der Waals surface area (Å²) in [6.07, 6.45) is 0. The van der Waals surface area contributed by atoms with E-state index >= 15 is 0 Å². The van der Waals surface area contributed by atoms with E-state index in [0.717, 1.165) is 26.2 Å². The first kappa shape index (κ1) is 13.4. The standard InChI is InChI=1S/C11H24N2O/c1-6-12(7-2)10(5)11(14)13(8-3)9-4/h10H,6-9H2,1-5H3. The van der Waals surface area contributed by atoms with Gasteiger partial charge in [0.25, 0.3) is 0 Å². The Hall–Kier alpha value is -0.570. The van der Waals surface area contributed by atoms with Crippen molar-refractivity contribution in [3.8, 4) is 0 Å². The van der Waals surface area contributed by atoms with E-state index in [9.17, 15) is 4.79 Å². The third kappa shape index (κ3) is 3.29. The highest BCUT2D eigenvalue weighted by Crippen LogP contribution is 2.03. The molecular weight excluding hydrogens is 176 g/mol. The van der Waals surface area contributed by atoms with Crippen LogP contribution in [0.25, 0.3) is 0 Å². The second-order valence-electron chi connectivity index (χ2n) is 3.41. The highest BCUT2D eigenvalue weighted by molar-refractivity contribution is 5.81. The van der Waals surface area contributed by atoms with Gasteiger partial charge in [0.15, 0.2) is 0 Å². The van der Waals surface area contributed by atoms with Gasteiger partial charge in [-0.1, -0.05) is 13.8 Å². The van der Waals surface area contributed by atoms with Crippen molar-refractivity contribution in [2.75, 3.05) is 26.2 Å². The lowest BCUT2D eigenvalue weighted by Crippen LogP contribution is -2.46. The van der Waals surface area contributed by atoms with Crippen molar-refractivity contribution < 1.29 is 4.79 Å². The molecule has 0 aromatic rings. The molecule has 0 aliphatic carbocycles. The number of hydrogen-bond acceptors (Lipinski definition) is 2. The zero-order valence-corrected chi connectivity index (χ0v) is 10.2. The van der Waals surface area contributed by atoms with Crippen LogP contribution >= 0.6 is 0 Å². The molecule has 1 atom stereocenters. The smallest absolute Gasteiger partial charge is 0.239 e. The molecule has 0 aromatic carbocycles. The predicted octanol–water partition coefficient (Wildman–Crippen LogP) is 1.59. The molecule has 0 saturated heterocycles. The molecule has 0 N–H and O–H groups in total. The van der Waals surface area contributed by atoms with Crippen molar-refractivity contribution in [3.63, 3.8) is 0 Å². The first-order chi connectivity index (χ1) is 6.62. The summed E-state index contributed by atoms with van der Waals surface area (Å²) in [6, 6.07) is 0.0184. The minimum absolute atomic E-state index is 0.0184. The number of rotatable bonds is 6. The molecule has 1 amide bonds. The Morgan fingerprint density at radius 2 is 1.43 bits per heavy atom. The number of amides is 1. The van der Waals surface area contributed by atoms with Gasteiger partial charge >= 0.3 is 0 Å². The highest BCUT2D eigenvalue weighted by atomic mass is 16.2. The normalized spacial score (nSPS) is 13.0. The molecule has 14 heavy (non-hydrogen) atoms. The molecule has 0 bridgehead atoms. The maximum absolute atomic E-state index is 11.9. The average molecular weight is 200 g/mol. The quantitative estimate of drug-likeness (QED) is 0.650. The maximum Gasteiger partial charge on any atom is 0.239 e. The SMILES string of the molecule is CCN(CC)C(=O)C(C)N(CC)CC. The Labute approximate surface area is 88.1 Å². The van der Waals surface area contributed by atoms with E-state index in [1.807, 2.05) is 25.7 Å². The van der Waals surface area contributed by atoms with E-state index in [4.69, 9.17) is 0 Å². The van der Waals surface area contributed by atoms with E-state index < -0.39 is 0 Å². The summed E-state index contributed by atoms with van der Waals surface area (Å²) >= 11 is 0. The minimum Gasteiger partial charge on any atom is -0.342 e. The topological polar surface area (TPSA) is 23.6 Å². The Morgan fingerprint density at radius 3 is 1.71 bits per heavy atom. The van der Waals surface area contributed by atoms with Crippen LogP contribution in [0.4, 0.5) is 0 Å². The predicted molar refractivity (Wildman–Crippen MR) is 60.3 cm³/mol. The Balaban J connectivity index is 4.34. The molecule has 0 spiro atoms. The summed E-state index contributed by atoms with van der Waals surface area (Å²) < 4.78 is 0. The van der Waals surface area contributed by atoms with Gasteiger partial charge in [0, 0.05) is 13.1 Å². The summed E-state index contributed by atoms with van der Waals surface area (Å²) in [5.41, 5.74) is 0. The third-order valence-electron chi connectivity index (χ3n) is 2.79. The van der Waals surface area contributed by atoms with Gasteiger partial charge in [0.1, 0.15) is 0 Å². The van der Waals surface area contributed by atoms with Crippen LogP contribution in [0, 0.1) is 0 Å².